The summed E-state index contributed by atoms with van der Waals surface area (Å²) < 4.78 is 18.0. The second-order valence-electron chi connectivity index (χ2n) is 4.08. The van der Waals surface area contributed by atoms with Gasteiger partial charge >= 0.3 is 23.9 Å². The highest BCUT2D eigenvalue weighted by atomic mass is 16.6. The van der Waals surface area contributed by atoms with E-state index in [1.54, 1.807) is 13.8 Å². The Morgan fingerprint density at radius 1 is 0.850 bits per heavy atom. The summed E-state index contributed by atoms with van der Waals surface area (Å²) in [7, 11) is 1.14. The lowest BCUT2D eigenvalue weighted by Gasteiger charge is -2.13. The van der Waals surface area contributed by atoms with Crippen LogP contribution in [0.1, 0.15) is 20.8 Å². The fourth-order valence-electron chi connectivity index (χ4n) is 0.846. The minimum absolute atomic E-state index is 0.379. The van der Waals surface area contributed by atoms with Crippen LogP contribution in [0.4, 0.5) is 0 Å². The van der Waals surface area contributed by atoms with Gasteiger partial charge in [-0.3, -0.25) is 4.79 Å². The maximum Gasteiger partial charge on any atom is 0.347 e. The van der Waals surface area contributed by atoms with Crippen molar-refractivity contribution in [2.45, 2.75) is 26.9 Å². The van der Waals surface area contributed by atoms with E-state index >= 15 is 0 Å². The molecule has 20 heavy (non-hydrogen) atoms. The molecule has 8 nitrogen and oxygen atoms in total. The molecular weight excluding hydrogens is 272 g/mol. The molecule has 0 radical (unpaired) electrons. The maximum atomic E-state index is 11.4. The highest BCUT2D eigenvalue weighted by molar-refractivity contribution is 5.82. The van der Waals surface area contributed by atoms with Gasteiger partial charge in [0.2, 0.25) is 0 Å². The highest BCUT2D eigenvalue weighted by Crippen LogP contribution is 2.02. The van der Waals surface area contributed by atoms with E-state index in [-0.39, 0.29) is 5.92 Å². The van der Waals surface area contributed by atoms with Crippen molar-refractivity contribution in [1.82, 2.24) is 0 Å². The van der Waals surface area contributed by atoms with Crippen molar-refractivity contribution < 1.29 is 38.1 Å². The number of methoxy groups -OCH3 is 1. The molecule has 0 aromatic carbocycles. The molecule has 0 amide bonds. The maximum absolute atomic E-state index is 11.4. The molecular formula is C12H18O8. The summed E-state index contributed by atoms with van der Waals surface area (Å²) in [6.07, 6.45) is -1.13. The van der Waals surface area contributed by atoms with Crippen LogP contribution in [0, 0.1) is 5.92 Å². The topological polar surface area (TPSA) is 105 Å². The van der Waals surface area contributed by atoms with E-state index < -0.39 is 43.2 Å². The number of carbonyl (C=O) groups is 4. The minimum Gasteiger partial charge on any atom is -0.466 e. The fourth-order valence-corrected chi connectivity index (χ4v) is 0.846. The van der Waals surface area contributed by atoms with E-state index in [2.05, 4.69) is 14.2 Å². The number of ether oxygens (including phenoxy) is 4. The molecule has 0 saturated carbocycles. The molecule has 0 heterocycles. The summed E-state index contributed by atoms with van der Waals surface area (Å²) >= 11 is 0. The van der Waals surface area contributed by atoms with E-state index in [9.17, 15) is 19.2 Å². The Morgan fingerprint density at radius 3 is 1.90 bits per heavy atom. The van der Waals surface area contributed by atoms with Crippen LogP contribution in [0.15, 0.2) is 0 Å². The fraction of sp³-hybridized carbons (Fsp3) is 0.667. The van der Waals surface area contributed by atoms with Crippen LogP contribution in [-0.4, -0.2) is 50.3 Å². The Hall–Kier alpha value is -2.12. The number of carbonyl (C=O) groups excluding carboxylic acids is 4. The summed E-state index contributed by atoms with van der Waals surface area (Å²) in [6, 6.07) is 0. The van der Waals surface area contributed by atoms with Gasteiger partial charge in [-0.05, 0) is 6.92 Å². The van der Waals surface area contributed by atoms with E-state index in [0.717, 1.165) is 7.11 Å². The summed E-state index contributed by atoms with van der Waals surface area (Å²) in [6.45, 7) is 3.31. The lowest BCUT2D eigenvalue weighted by molar-refractivity contribution is -0.173. The van der Waals surface area contributed by atoms with Crippen LogP contribution in [0.5, 0.6) is 0 Å². The first-order valence-corrected chi connectivity index (χ1v) is 5.87. The SMILES string of the molecule is COC(=O)COC(=O)COC(=O)[C@@H](C)OC(=O)C(C)C. The number of rotatable bonds is 7. The Labute approximate surface area is 116 Å². The molecule has 114 valence electrons. The zero-order valence-electron chi connectivity index (χ0n) is 11.8. The third kappa shape index (κ3) is 7.34. The van der Waals surface area contributed by atoms with Crippen LogP contribution in [0.2, 0.25) is 0 Å². The zero-order valence-corrected chi connectivity index (χ0v) is 11.8. The first kappa shape index (κ1) is 17.9. The monoisotopic (exact) mass is 290 g/mol. The zero-order chi connectivity index (χ0) is 15.7. The van der Waals surface area contributed by atoms with Crippen LogP contribution in [0.3, 0.4) is 0 Å². The normalized spacial score (nSPS) is 11.4. The highest BCUT2D eigenvalue weighted by Gasteiger charge is 2.22. The summed E-state index contributed by atoms with van der Waals surface area (Å²) in [5, 5.41) is 0. The summed E-state index contributed by atoms with van der Waals surface area (Å²) in [5.41, 5.74) is 0. The van der Waals surface area contributed by atoms with Gasteiger partial charge in [-0.1, -0.05) is 13.8 Å². The lowest BCUT2D eigenvalue weighted by atomic mass is 10.2. The third-order valence-electron chi connectivity index (χ3n) is 2.01. The molecule has 0 rings (SSSR count). The molecule has 0 spiro atoms. The summed E-state index contributed by atoms with van der Waals surface area (Å²) in [4.78, 5) is 44.4. The molecule has 0 aliphatic heterocycles. The predicted molar refractivity (Wildman–Crippen MR) is 64.3 cm³/mol. The van der Waals surface area contributed by atoms with E-state index in [0.29, 0.717) is 0 Å². The first-order chi connectivity index (χ1) is 9.27. The van der Waals surface area contributed by atoms with Crippen molar-refractivity contribution in [3.8, 4) is 0 Å². The van der Waals surface area contributed by atoms with Crippen molar-refractivity contribution >= 4 is 23.9 Å². The average molecular weight is 290 g/mol. The van der Waals surface area contributed by atoms with Crippen LogP contribution < -0.4 is 0 Å². The minimum atomic E-state index is -1.13. The van der Waals surface area contributed by atoms with Crippen molar-refractivity contribution in [1.29, 1.82) is 0 Å². The van der Waals surface area contributed by atoms with Gasteiger partial charge in [-0.2, -0.15) is 0 Å². The molecule has 1 atom stereocenters. The number of hydrogen-bond donors (Lipinski definition) is 0. The molecule has 0 aromatic heterocycles. The van der Waals surface area contributed by atoms with Gasteiger partial charge in [0.15, 0.2) is 19.3 Å². The molecule has 0 aliphatic rings. The van der Waals surface area contributed by atoms with E-state index in [1.165, 1.54) is 6.92 Å². The van der Waals surface area contributed by atoms with Gasteiger partial charge in [0.05, 0.1) is 13.0 Å². The number of esters is 4. The van der Waals surface area contributed by atoms with E-state index in [1.807, 2.05) is 0 Å². The van der Waals surface area contributed by atoms with Crippen molar-refractivity contribution in [2.75, 3.05) is 20.3 Å². The van der Waals surface area contributed by atoms with Crippen molar-refractivity contribution in [3.05, 3.63) is 0 Å². The molecule has 0 saturated heterocycles. The molecule has 8 heteroatoms. The Balaban J connectivity index is 4.00. The predicted octanol–water partition coefficient (Wildman–Crippen LogP) is -0.166. The molecule has 0 fully saturated rings. The average Bonchev–Trinajstić information content (AvgIpc) is 2.41. The molecule has 0 aliphatic carbocycles. The molecule has 0 unspecified atom stereocenters. The third-order valence-corrected chi connectivity index (χ3v) is 2.01. The van der Waals surface area contributed by atoms with Crippen LogP contribution in [-0.2, 0) is 38.1 Å². The van der Waals surface area contributed by atoms with Crippen LogP contribution in [0.25, 0.3) is 0 Å². The Morgan fingerprint density at radius 2 is 1.40 bits per heavy atom. The van der Waals surface area contributed by atoms with Gasteiger partial charge in [-0.15, -0.1) is 0 Å². The number of hydrogen-bond acceptors (Lipinski definition) is 8. The Kier molecular flexibility index (Phi) is 7.95. The molecule has 0 bridgehead atoms. The van der Waals surface area contributed by atoms with Crippen molar-refractivity contribution in [2.24, 2.45) is 5.92 Å². The largest absolute Gasteiger partial charge is 0.466 e. The molecule has 0 N–H and O–H groups in total. The van der Waals surface area contributed by atoms with Crippen molar-refractivity contribution in [3.63, 3.8) is 0 Å². The second-order valence-corrected chi connectivity index (χ2v) is 4.08. The smallest absolute Gasteiger partial charge is 0.347 e. The van der Waals surface area contributed by atoms with Gasteiger partial charge < -0.3 is 18.9 Å². The molecule has 0 aromatic rings. The van der Waals surface area contributed by atoms with Gasteiger partial charge in [-0.25, -0.2) is 14.4 Å². The second kappa shape index (κ2) is 8.89. The standard InChI is InChI=1S/C12H18O8/c1-7(2)11(15)20-8(3)12(16)19-6-10(14)18-5-9(13)17-4/h7-8H,5-6H2,1-4H3/t8-/m1/s1. The first-order valence-electron chi connectivity index (χ1n) is 5.87. The van der Waals surface area contributed by atoms with Gasteiger partial charge in [0, 0.05) is 0 Å². The van der Waals surface area contributed by atoms with Crippen LogP contribution >= 0.6 is 0 Å². The summed E-state index contributed by atoms with van der Waals surface area (Å²) in [5.74, 6) is -3.46. The Bertz CT molecular complexity index is 374. The van der Waals surface area contributed by atoms with E-state index in [4.69, 9.17) is 4.74 Å². The lowest BCUT2D eigenvalue weighted by Crippen LogP contribution is -2.30. The quantitative estimate of drug-likeness (QED) is 0.470. The van der Waals surface area contributed by atoms with Gasteiger partial charge in [0.1, 0.15) is 0 Å². The van der Waals surface area contributed by atoms with Gasteiger partial charge in [0.25, 0.3) is 0 Å².